The topological polar surface area (TPSA) is 91.7 Å². The average Bonchev–Trinajstić information content (AvgIpc) is 2.17. The highest BCUT2D eigenvalue weighted by atomic mass is 32.2. The van der Waals surface area contributed by atoms with Crippen LogP contribution in [0.25, 0.3) is 0 Å². The molecule has 0 radical (unpaired) electrons. The van der Waals surface area contributed by atoms with Crippen LogP contribution in [0.15, 0.2) is 23.1 Å². The number of hydrogen-bond acceptors (Lipinski definition) is 4. The number of carbonyl (C=O) groups excluding carboxylic acids is 1. The Hall–Kier alpha value is -1.24. The van der Waals surface area contributed by atoms with E-state index in [9.17, 15) is 13.2 Å². The molecule has 1 aromatic carbocycles. The molecule has 0 amide bonds. The maximum atomic E-state index is 10.8. The highest BCUT2D eigenvalue weighted by Crippen LogP contribution is 2.15. The molecule has 0 aromatic heterocycles. The first-order chi connectivity index (χ1) is 6.99. The number of rotatable bonds is 4. The Morgan fingerprint density at radius 3 is 2.47 bits per heavy atom. The summed E-state index contributed by atoms with van der Waals surface area (Å²) < 4.78 is 30.4. The van der Waals surface area contributed by atoms with Crippen LogP contribution in [0.2, 0.25) is 0 Å². The van der Waals surface area contributed by atoms with E-state index in [1.54, 1.807) is 0 Å². The van der Waals surface area contributed by atoms with Crippen LogP contribution < -0.4 is 0 Å². The van der Waals surface area contributed by atoms with Crippen LogP contribution in [-0.4, -0.2) is 31.0 Å². The molecule has 0 atom stereocenters. The Balaban J connectivity index is 3.28. The van der Waals surface area contributed by atoms with Crippen LogP contribution in [0.5, 0.6) is 0 Å². The van der Waals surface area contributed by atoms with Crippen LogP contribution in [0.3, 0.4) is 0 Å². The summed E-state index contributed by atoms with van der Waals surface area (Å²) in [5.74, 6) is 0. The minimum atomic E-state index is -4.27. The van der Waals surface area contributed by atoms with Crippen molar-refractivity contribution >= 4 is 16.4 Å². The van der Waals surface area contributed by atoms with E-state index in [1.165, 1.54) is 12.1 Å². The Labute approximate surface area is 87.1 Å². The molecule has 5 nitrogen and oxygen atoms in total. The Morgan fingerprint density at radius 1 is 1.33 bits per heavy atom. The van der Waals surface area contributed by atoms with Gasteiger partial charge in [0, 0.05) is 12.2 Å². The molecule has 0 aliphatic heterocycles. The summed E-state index contributed by atoms with van der Waals surface area (Å²) in [6, 6.07) is 3.61. The fourth-order valence-electron chi connectivity index (χ4n) is 1.19. The van der Waals surface area contributed by atoms with Crippen molar-refractivity contribution < 1.29 is 22.9 Å². The van der Waals surface area contributed by atoms with Gasteiger partial charge in [-0.1, -0.05) is 6.07 Å². The molecule has 0 bridgehead atoms. The first-order valence-corrected chi connectivity index (χ1v) is 5.59. The van der Waals surface area contributed by atoms with Gasteiger partial charge in [0.2, 0.25) is 0 Å². The molecule has 0 aliphatic carbocycles. The quantitative estimate of drug-likeness (QED) is 0.572. The zero-order chi connectivity index (χ0) is 11.5. The second-order valence-electron chi connectivity index (χ2n) is 2.93. The van der Waals surface area contributed by atoms with Crippen LogP contribution in [0, 0.1) is 0 Å². The van der Waals surface area contributed by atoms with Gasteiger partial charge in [-0.3, -0.25) is 9.35 Å². The predicted octanol–water partition coefficient (Wildman–Crippen LogP) is 0.281. The monoisotopic (exact) mass is 230 g/mol. The summed E-state index contributed by atoms with van der Waals surface area (Å²) in [5.41, 5.74) is 0.694. The van der Waals surface area contributed by atoms with Crippen LogP contribution >= 0.6 is 0 Å². The summed E-state index contributed by atoms with van der Waals surface area (Å²) in [5, 5.41) is 8.71. The van der Waals surface area contributed by atoms with E-state index in [1.807, 2.05) is 0 Å². The Kier molecular flexibility index (Phi) is 3.57. The lowest BCUT2D eigenvalue weighted by Crippen LogP contribution is -2.03. The lowest BCUT2D eigenvalue weighted by molar-refractivity contribution is 0.112. The molecule has 6 heteroatoms. The maximum absolute atomic E-state index is 10.8. The second-order valence-corrected chi connectivity index (χ2v) is 4.35. The molecule has 82 valence electrons. The minimum absolute atomic E-state index is 0.164. The summed E-state index contributed by atoms with van der Waals surface area (Å²) in [6.07, 6.45) is 0.732. The van der Waals surface area contributed by atoms with Gasteiger partial charge in [0.1, 0.15) is 6.29 Å². The normalized spacial score (nSPS) is 11.3. The van der Waals surface area contributed by atoms with Crippen molar-refractivity contribution in [2.75, 3.05) is 6.61 Å². The highest BCUT2D eigenvalue weighted by molar-refractivity contribution is 7.85. The highest BCUT2D eigenvalue weighted by Gasteiger charge is 2.12. The van der Waals surface area contributed by atoms with Crippen LogP contribution in [0.4, 0.5) is 0 Å². The molecule has 0 fully saturated rings. The fraction of sp³-hybridized carbons (Fsp3) is 0.222. The fourth-order valence-corrected chi connectivity index (χ4v) is 1.73. The first-order valence-electron chi connectivity index (χ1n) is 4.15. The van der Waals surface area contributed by atoms with Gasteiger partial charge in [-0.2, -0.15) is 8.42 Å². The lowest BCUT2D eigenvalue weighted by Gasteiger charge is -2.04. The largest absolute Gasteiger partial charge is 0.396 e. The van der Waals surface area contributed by atoms with Crippen molar-refractivity contribution in [3.8, 4) is 0 Å². The van der Waals surface area contributed by atoms with Gasteiger partial charge in [-0.05, 0) is 24.1 Å². The average molecular weight is 230 g/mol. The number of hydrogen-bond donors (Lipinski definition) is 2. The Bertz CT molecular complexity index is 463. The lowest BCUT2D eigenvalue weighted by atomic mass is 10.1. The van der Waals surface area contributed by atoms with Crippen molar-refractivity contribution in [3.63, 3.8) is 0 Å². The standard InChI is InChI=1S/C9H10O5S/c10-4-3-7-5-9(15(12,13)14)2-1-8(7)6-11/h1-2,5-6,10H,3-4H2,(H,12,13,14). The predicted molar refractivity (Wildman–Crippen MR) is 52.4 cm³/mol. The smallest absolute Gasteiger partial charge is 0.294 e. The number of aliphatic hydroxyl groups is 1. The maximum Gasteiger partial charge on any atom is 0.294 e. The van der Waals surface area contributed by atoms with Gasteiger partial charge in [0.15, 0.2) is 0 Å². The van der Waals surface area contributed by atoms with Crippen molar-refractivity contribution in [3.05, 3.63) is 29.3 Å². The third kappa shape index (κ3) is 2.85. The van der Waals surface area contributed by atoms with E-state index in [0.717, 1.165) is 6.07 Å². The first kappa shape index (κ1) is 11.8. The van der Waals surface area contributed by atoms with E-state index in [4.69, 9.17) is 9.66 Å². The number of aliphatic hydroxyl groups excluding tert-OH is 1. The molecule has 0 unspecified atom stereocenters. The van der Waals surface area contributed by atoms with Crippen LogP contribution in [0.1, 0.15) is 15.9 Å². The zero-order valence-corrected chi connectivity index (χ0v) is 8.57. The summed E-state index contributed by atoms with van der Waals surface area (Å²) in [7, 11) is -4.27. The molecule has 0 saturated heterocycles. The molecule has 2 N–H and O–H groups in total. The molecule has 0 aliphatic rings. The van der Waals surface area contributed by atoms with Crippen molar-refractivity contribution in [2.24, 2.45) is 0 Å². The van der Waals surface area contributed by atoms with E-state index in [-0.39, 0.29) is 17.9 Å². The van der Waals surface area contributed by atoms with E-state index in [0.29, 0.717) is 17.4 Å². The molecular formula is C9H10O5S. The molecule has 0 saturated carbocycles. The minimum Gasteiger partial charge on any atom is -0.396 e. The van der Waals surface area contributed by atoms with Gasteiger partial charge in [-0.15, -0.1) is 0 Å². The van der Waals surface area contributed by atoms with Gasteiger partial charge < -0.3 is 5.11 Å². The molecule has 1 aromatic rings. The third-order valence-corrected chi connectivity index (χ3v) is 2.77. The Morgan fingerprint density at radius 2 is 2.00 bits per heavy atom. The summed E-state index contributed by atoms with van der Waals surface area (Å²) >= 11 is 0. The molecule has 0 spiro atoms. The molecule has 1 rings (SSSR count). The van der Waals surface area contributed by atoms with Gasteiger partial charge in [0.25, 0.3) is 10.1 Å². The van der Waals surface area contributed by atoms with Crippen LogP contribution in [-0.2, 0) is 16.5 Å². The number of aldehydes is 1. The van der Waals surface area contributed by atoms with E-state index >= 15 is 0 Å². The molecular weight excluding hydrogens is 220 g/mol. The summed E-state index contributed by atoms with van der Waals surface area (Å²) in [6.45, 7) is -0.199. The summed E-state index contributed by atoms with van der Waals surface area (Å²) in [4.78, 5) is 10.3. The van der Waals surface area contributed by atoms with E-state index < -0.39 is 10.1 Å². The van der Waals surface area contributed by atoms with E-state index in [2.05, 4.69) is 0 Å². The second kappa shape index (κ2) is 4.52. The third-order valence-electron chi connectivity index (χ3n) is 1.92. The van der Waals surface area contributed by atoms with Crippen molar-refractivity contribution in [2.45, 2.75) is 11.3 Å². The van der Waals surface area contributed by atoms with Crippen molar-refractivity contribution in [1.82, 2.24) is 0 Å². The molecule has 0 heterocycles. The molecule has 15 heavy (non-hydrogen) atoms. The van der Waals surface area contributed by atoms with Gasteiger partial charge >= 0.3 is 0 Å². The SMILES string of the molecule is O=Cc1ccc(S(=O)(=O)O)cc1CCO. The van der Waals surface area contributed by atoms with Gasteiger partial charge in [0.05, 0.1) is 4.90 Å². The number of benzene rings is 1. The van der Waals surface area contributed by atoms with Crippen molar-refractivity contribution in [1.29, 1.82) is 0 Å². The number of carbonyl (C=O) groups is 1. The zero-order valence-electron chi connectivity index (χ0n) is 7.75. The van der Waals surface area contributed by atoms with Gasteiger partial charge in [-0.25, -0.2) is 0 Å².